The highest BCUT2D eigenvalue weighted by Crippen LogP contribution is 2.34. The number of thiazole rings is 1. The third-order valence-corrected chi connectivity index (χ3v) is 7.84. The Balaban J connectivity index is 1.38. The van der Waals surface area contributed by atoms with E-state index in [1.807, 2.05) is 19.1 Å². The first-order valence-corrected chi connectivity index (χ1v) is 13.4. The largest absolute Gasteiger partial charge is 0.486 e. The Morgan fingerprint density at radius 3 is 2.69 bits per heavy atom. The van der Waals surface area contributed by atoms with Gasteiger partial charge in [0.2, 0.25) is 4.80 Å². The van der Waals surface area contributed by atoms with Crippen LogP contribution in [-0.2, 0) is 13.7 Å². The van der Waals surface area contributed by atoms with Gasteiger partial charge in [-0.3, -0.25) is 4.79 Å². The van der Waals surface area contributed by atoms with E-state index in [-0.39, 0.29) is 12.5 Å². The number of hydrogen-bond donors (Lipinski definition) is 1. The quantitative estimate of drug-likeness (QED) is 0.273. The monoisotopic (exact) mass is 565 g/mol. The third-order valence-electron chi connectivity index (χ3n) is 5.82. The zero-order valence-corrected chi connectivity index (χ0v) is 23.2. The van der Waals surface area contributed by atoms with Crippen LogP contribution in [0.15, 0.2) is 58.5 Å². The zero-order chi connectivity index (χ0) is 27.7. The fourth-order valence-electron chi connectivity index (χ4n) is 3.75. The molecule has 12 heteroatoms. The lowest BCUT2D eigenvalue weighted by molar-refractivity contribution is 0.0963. The van der Waals surface area contributed by atoms with Gasteiger partial charge in [-0.2, -0.15) is 0 Å². The molecule has 0 radical (unpaired) electrons. The molecule has 1 N–H and O–H groups in total. The van der Waals surface area contributed by atoms with Crippen LogP contribution in [0, 0.1) is 12.7 Å². The number of hydrogen-bond acceptors (Lipinski definition) is 9. The van der Waals surface area contributed by atoms with E-state index in [1.54, 1.807) is 37.0 Å². The maximum Gasteiger partial charge on any atom is 0.293 e. The molecule has 5 aromatic rings. The number of carbonyl (C=O) groups excluding carboxylic acids is 1. The van der Waals surface area contributed by atoms with E-state index in [9.17, 15) is 9.18 Å². The minimum atomic E-state index is -0.494. The molecule has 9 nitrogen and oxygen atoms in total. The summed E-state index contributed by atoms with van der Waals surface area (Å²) < 4.78 is 33.1. The van der Waals surface area contributed by atoms with Crippen LogP contribution in [0.3, 0.4) is 0 Å². The van der Waals surface area contributed by atoms with Crippen molar-refractivity contribution in [3.8, 4) is 21.5 Å². The molecule has 5 rings (SSSR count). The third kappa shape index (κ3) is 5.47. The summed E-state index contributed by atoms with van der Waals surface area (Å²) in [4.78, 5) is 22.6. The van der Waals surface area contributed by atoms with Gasteiger partial charge in [0.1, 0.15) is 34.5 Å². The number of fused-ring (bicyclic) bond motifs is 1. The Hall–Kier alpha value is -4.29. The summed E-state index contributed by atoms with van der Waals surface area (Å²) in [6.45, 7) is 6.09. The van der Waals surface area contributed by atoms with Gasteiger partial charge < -0.3 is 19.2 Å². The van der Waals surface area contributed by atoms with Crippen LogP contribution in [0.4, 0.5) is 4.39 Å². The maximum atomic E-state index is 14.4. The first-order chi connectivity index (χ1) is 18.7. The number of nitrogens with zero attached hydrogens (tertiary/aromatic N) is 4. The standard InChI is InChI=1S/C27H24FN5O4S2/c1-14(30-26-33(4)32-27(35-5)39-26)21-12-19-22(10-18(28)11-23(19)37-21)36-13-20-15(2)38-25(31-20)17-8-6-16(7-9-17)24(34)29-3/h6-12H,1,13H2,2-5H3,(H,29,34)/b30-26+. The summed E-state index contributed by atoms with van der Waals surface area (Å²) in [6.07, 6.45) is 0. The molecule has 0 aliphatic rings. The van der Waals surface area contributed by atoms with Crippen molar-refractivity contribution in [1.29, 1.82) is 0 Å². The molecular formula is C27H24FN5O4S2. The topological polar surface area (TPSA) is 104 Å². The molecule has 0 saturated carbocycles. The number of ether oxygens (including phenoxy) is 2. The van der Waals surface area contributed by atoms with Gasteiger partial charge in [-0.1, -0.05) is 18.7 Å². The molecule has 0 unspecified atom stereocenters. The van der Waals surface area contributed by atoms with E-state index >= 15 is 0 Å². The summed E-state index contributed by atoms with van der Waals surface area (Å²) in [5.74, 6) is 0.0538. The Morgan fingerprint density at radius 1 is 1.23 bits per heavy atom. The van der Waals surface area contributed by atoms with Crippen LogP contribution in [0.2, 0.25) is 0 Å². The zero-order valence-electron chi connectivity index (χ0n) is 21.6. The van der Waals surface area contributed by atoms with Crippen molar-refractivity contribution < 1.29 is 23.1 Å². The van der Waals surface area contributed by atoms with E-state index in [4.69, 9.17) is 18.9 Å². The molecule has 0 atom stereocenters. The van der Waals surface area contributed by atoms with Gasteiger partial charge >= 0.3 is 0 Å². The Labute approximate surface area is 230 Å². The van der Waals surface area contributed by atoms with Crippen molar-refractivity contribution in [3.63, 3.8) is 0 Å². The van der Waals surface area contributed by atoms with Crippen molar-refractivity contribution in [2.45, 2.75) is 13.5 Å². The Kier molecular flexibility index (Phi) is 7.31. The summed E-state index contributed by atoms with van der Waals surface area (Å²) in [5.41, 5.74) is 2.86. The molecule has 3 heterocycles. The smallest absolute Gasteiger partial charge is 0.293 e. The number of aryl methyl sites for hydroxylation is 2. The lowest BCUT2D eigenvalue weighted by atomic mass is 10.1. The van der Waals surface area contributed by atoms with Crippen molar-refractivity contribution in [3.05, 3.63) is 81.6 Å². The van der Waals surface area contributed by atoms with Crippen LogP contribution in [-0.4, -0.2) is 34.8 Å². The molecule has 0 aliphatic carbocycles. The number of amides is 1. The number of benzene rings is 2. The van der Waals surface area contributed by atoms with Crippen molar-refractivity contribution in [1.82, 2.24) is 20.1 Å². The molecule has 0 fully saturated rings. The number of methoxy groups -OCH3 is 1. The van der Waals surface area contributed by atoms with Gasteiger partial charge in [-0.25, -0.2) is 19.0 Å². The molecular weight excluding hydrogens is 541 g/mol. The summed E-state index contributed by atoms with van der Waals surface area (Å²) in [6, 6.07) is 11.6. The molecule has 0 spiro atoms. The highest BCUT2D eigenvalue weighted by Gasteiger charge is 2.16. The van der Waals surface area contributed by atoms with Crippen molar-refractivity contribution >= 4 is 45.2 Å². The summed E-state index contributed by atoms with van der Waals surface area (Å²) in [5, 5.41) is 8.66. The molecule has 0 aliphatic heterocycles. The van der Waals surface area contributed by atoms with Gasteiger partial charge in [-0.15, -0.1) is 16.4 Å². The number of nitrogens with one attached hydrogen (secondary N) is 1. The minimum absolute atomic E-state index is 0.138. The van der Waals surface area contributed by atoms with E-state index in [0.717, 1.165) is 21.1 Å². The van der Waals surface area contributed by atoms with Crippen LogP contribution in [0.25, 0.3) is 27.2 Å². The van der Waals surface area contributed by atoms with E-state index in [1.165, 1.54) is 41.9 Å². The molecule has 2 aromatic carbocycles. The van der Waals surface area contributed by atoms with E-state index < -0.39 is 5.82 Å². The van der Waals surface area contributed by atoms with E-state index in [0.29, 0.717) is 43.7 Å². The van der Waals surface area contributed by atoms with Crippen LogP contribution >= 0.6 is 22.7 Å². The molecule has 39 heavy (non-hydrogen) atoms. The highest BCUT2D eigenvalue weighted by molar-refractivity contribution is 7.15. The second kappa shape index (κ2) is 10.8. The minimum Gasteiger partial charge on any atom is -0.486 e. The summed E-state index contributed by atoms with van der Waals surface area (Å²) in [7, 11) is 4.87. The van der Waals surface area contributed by atoms with Crippen LogP contribution in [0.5, 0.6) is 10.9 Å². The van der Waals surface area contributed by atoms with Crippen LogP contribution in [0.1, 0.15) is 26.7 Å². The van der Waals surface area contributed by atoms with Crippen molar-refractivity contribution in [2.75, 3.05) is 14.2 Å². The first-order valence-electron chi connectivity index (χ1n) is 11.7. The molecule has 0 saturated heterocycles. The maximum absolute atomic E-state index is 14.4. The fourth-order valence-corrected chi connectivity index (χ4v) is 5.41. The second-order valence-corrected chi connectivity index (χ2v) is 10.6. The van der Waals surface area contributed by atoms with Gasteiger partial charge in [0, 0.05) is 42.2 Å². The van der Waals surface area contributed by atoms with Crippen LogP contribution < -0.4 is 19.6 Å². The average molecular weight is 566 g/mol. The van der Waals surface area contributed by atoms with Crippen molar-refractivity contribution in [2.24, 2.45) is 12.0 Å². The number of aromatic nitrogens is 3. The predicted octanol–water partition coefficient (Wildman–Crippen LogP) is 5.32. The predicted molar refractivity (Wildman–Crippen MR) is 148 cm³/mol. The SMILES string of the molecule is C=C(/N=c1/sc(OC)nn1C)c1cc2c(OCc3nc(-c4ccc(C(=O)NC)cc4)sc3C)cc(F)cc2o1. The normalized spacial score (nSPS) is 11.7. The number of carbonyl (C=O) groups is 1. The summed E-state index contributed by atoms with van der Waals surface area (Å²) >= 11 is 2.78. The molecule has 1 amide bonds. The number of furan rings is 1. The Bertz CT molecular complexity index is 1770. The number of halogens is 1. The van der Waals surface area contributed by atoms with E-state index in [2.05, 4.69) is 22.0 Å². The molecule has 0 bridgehead atoms. The lowest BCUT2D eigenvalue weighted by Gasteiger charge is -2.06. The van der Waals surface area contributed by atoms with Gasteiger partial charge in [0.15, 0.2) is 5.76 Å². The fraction of sp³-hybridized carbons (Fsp3) is 0.185. The number of rotatable bonds is 8. The molecule has 200 valence electrons. The van der Waals surface area contributed by atoms with Gasteiger partial charge in [0.25, 0.3) is 11.1 Å². The Morgan fingerprint density at radius 2 is 2.00 bits per heavy atom. The highest BCUT2D eigenvalue weighted by atomic mass is 32.1. The van der Waals surface area contributed by atoms with Gasteiger partial charge in [-0.05, 0) is 36.5 Å². The molecule has 3 aromatic heterocycles. The lowest BCUT2D eigenvalue weighted by Crippen LogP contribution is -2.17. The average Bonchev–Trinajstić information content (AvgIpc) is 3.63. The second-order valence-electron chi connectivity index (χ2n) is 8.43. The van der Waals surface area contributed by atoms with Gasteiger partial charge in [0.05, 0.1) is 18.2 Å². The first kappa shape index (κ1) is 26.3.